The molecule has 3 aliphatic rings. The lowest BCUT2D eigenvalue weighted by molar-refractivity contribution is -0.121. The van der Waals surface area contributed by atoms with E-state index < -0.39 is 29.2 Å². The summed E-state index contributed by atoms with van der Waals surface area (Å²) in [4.78, 5) is 45.4. The molecule has 1 N–H and O–H groups in total. The van der Waals surface area contributed by atoms with Crippen LogP contribution in [0.15, 0.2) is 108 Å². The molecule has 0 aliphatic carbocycles. The van der Waals surface area contributed by atoms with Gasteiger partial charge in [-0.05, 0) is 59.7 Å². The first-order valence-corrected chi connectivity index (χ1v) is 13.8. The van der Waals surface area contributed by atoms with Crippen molar-refractivity contribution in [1.82, 2.24) is 0 Å². The fourth-order valence-electron chi connectivity index (χ4n) is 6.70. The van der Waals surface area contributed by atoms with Gasteiger partial charge in [0.1, 0.15) is 17.3 Å². The van der Waals surface area contributed by atoms with Crippen LogP contribution in [0.5, 0.6) is 0 Å². The Labute approximate surface area is 238 Å². The number of para-hydroxylation sites is 2. The highest BCUT2D eigenvalue weighted by molar-refractivity contribution is 9.10. The smallest absolute Gasteiger partial charge is 0.238 e. The van der Waals surface area contributed by atoms with Crippen molar-refractivity contribution >= 4 is 50.9 Å². The van der Waals surface area contributed by atoms with Crippen LogP contribution in [0, 0.1) is 11.7 Å². The predicted molar refractivity (Wildman–Crippen MR) is 155 cm³/mol. The molecule has 0 unspecified atom stereocenters. The lowest BCUT2D eigenvalue weighted by Gasteiger charge is -2.37. The van der Waals surface area contributed by atoms with Gasteiger partial charge in [0.15, 0.2) is 11.6 Å². The monoisotopic (exact) mass is 592 g/mol. The molecule has 3 heterocycles. The third-order valence-corrected chi connectivity index (χ3v) is 8.88. The number of fused-ring (bicyclic) bond motifs is 6. The standard InChI is InChI=1S/C33H22BrFN2O3/c34-22-14-9-21(10-15-22)31(39)29-28(30(38)20-11-16-23(35)17-12-20)33(24-6-2-3-7-25(24)36-32(33)40)27-18-13-19-5-1-4-8-26(19)37(27)29/h1-18,27-29H,(H,36,40)/t27-,28-,29+,33+/m1/s1. The number of hydrogen-bond acceptors (Lipinski definition) is 4. The van der Waals surface area contributed by atoms with Gasteiger partial charge in [-0.2, -0.15) is 0 Å². The number of hydrogen-bond donors (Lipinski definition) is 1. The van der Waals surface area contributed by atoms with Crippen LogP contribution in [0.25, 0.3) is 6.08 Å². The topological polar surface area (TPSA) is 66.5 Å². The number of halogens is 2. The number of carbonyl (C=O) groups excluding carboxylic acids is 3. The van der Waals surface area contributed by atoms with Crippen LogP contribution in [0.3, 0.4) is 0 Å². The van der Waals surface area contributed by atoms with E-state index in [1.165, 1.54) is 24.3 Å². The number of nitrogens with zero attached hydrogens (tertiary/aromatic N) is 1. The van der Waals surface area contributed by atoms with Crippen LogP contribution in [-0.2, 0) is 10.2 Å². The Morgan fingerprint density at radius 3 is 2.25 bits per heavy atom. The van der Waals surface area contributed by atoms with Crippen LogP contribution in [0.2, 0.25) is 0 Å². The Bertz CT molecular complexity index is 1730. The Kier molecular flexibility index (Phi) is 5.61. The first-order valence-electron chi connectivity index (χ1n) is 13.0. The quantitative estimate of drug-likeness (QED) is 0.277. The summed E-state index contributed by atoms with van der Waals surface area (Å²) in [5.41, 5.74) is 2.23. The summed E-state index contributed by atoms with van der Waals surface area (Å²) >= 11 is 3.43. The highest BCUT2D eigenvalue weighted by Crippen LogP contribution is 2.58. The van der Waals surface area contributed by atoms with E-state index >= 15 is 0 Å². The van der Waals surface area contributed by atoms with Crippen molar-refractivity contribution in [2.75, 3.05) is 10.2 Å². The summed E-state index contributed by atoms with van der Waals surface area (Å²) in [7, 11) is 0. The molecule has 1 fully saturated rings. The van der Waals surface area contributed by atoms with Gasteiger partial charge in [-0.1, -0.05) is 76.6 Å². The number of Topliss-reactive ketones (excluding diaryl/α,β-unsaturated/α-hetero) is 2. The lowest BCUT2D eigenvalue weighted by atomic mass is 9.64. The highest BCUT2D eigenvalue weighted by atomic mass is 79.9. The van der Waals surface area contributed by atoms with Gasteiger partial charge >= 0.3 is 0 Å². The van der Waals surface area contributed by atoms with E-state index in [1.807, 2.05) is 65.6 Å². The molecule has 4 atom stereocenters. The average Bonchev–Trinajstić information content (AvgIpc) is 3.45. The zero-order valence-electron chi connectivity index (χ0n) is 21.1. The Hall–Kier alpha value is -4.36. The summed E-state index contributed by atoms with van der Waals surface area (Å²) in [5.74, 6) is -2.56. The molecular weight excluding hydrogens is 571 g/mol. The van der Waals surface area contributed by atoms with E-state index in [2.05, 4.69) is 21.2 Å². The van der Waals surface area contributed by atoms with Crippen molar-refractivity contribution in [2.45, 2.75) is 17.5 Å². The molecule has 1 saturated heterocycles. The zero-order valence-corrected chi connectivity index (χ0v) is 22.6. The largest absolute Gasteiger partial charge is 0.352 e. The SMILES string of the molecule is O=C(c1ccc(Br)cc1)[C@@H]1[C@H](C(=O)c2ccc(F)cc2)[C@@]2(C(=O)Nc3ccccc32)[C@H]2C=Cc3ccccc3N12. The van der Waals surface area contributed by atoms with Crippen LogP contribution < -0.4 is 10.2 Å². The van der Waals surface area contributed by atoms with Gasteiger partial charge in [-0.15, -0.1) is 0 Å². The first kappa shape index (κ1) is 24.7. The molecule has 4 aromatic carbocycles. The minimum Gasteiger partial charge on any atom is -0.352 e. The Balaban J connectivity index is 1.53. The van der Waals surface area contributed by atoms with E-state index in [1.54, 1.807) is 24.3 Å². The fourth-order valence-corrected chi connectivity index (χ4v) is 6.96. The molecular formula is C33H22BrFN2O3. The molecule has 0 saturated carbocycles. The third kappa shape index (κ3) is 3.40. The minimum atomic E-state index is -1.40. The summed E-state index contributed by atoms with van der Waals surface area (Å²) < 4.78 is 14.7. The number of carbonyl (C=O) groups is 3. The van der Waals surface area contributed by atoms with Crippen molar-refractivity contribution in [3.63, 3.8) is 0 Å². The zero-order chi connectivity index (χ0) is 27.6. The van der Waals surface area contributed by atoms with Crippen molar-refractivity contribution in [2.24, 2.45) is 5.92 Å². The summed E-state index contributed by atoms with van der Waals surface area (Å²) in [6, 6.07) is 25.7. The molecule has 7 rings (SSSR count). The molecule has 1 amide bonds. The normalized spacial score (nSPS) is 23.9. The fraction of sp³-hybridized carbons (Fsp3) is 0.121. The summed E-state index contributed by atoms with van der Waals surface area (Å²) in [5, 5.41) is 3.01. The number of amides is 1. The Morgan fingerprint density at radius 2 is 1.48 bits per heavy atom. The molecule has 7 heteroatoms. The highest BCUT2D eigenvalue weighted by Gasteiger charge is 2.70. The van der Waals surface area contributed by atoms with E-state index in [9.17, 15) is 18.8 Å². The summed E-state index contributed by atoms with van der Waals surface area (Å²) in [6.07, 6.45) is 3.89. The van der Waals surface area contributed by atoms with Crippen LogP contribution in [0.4, 0.5) is 15.8 Å². The predicted octanol–water partition coefficient (Wildman–Crippen LogP) is 6.44. The van der Waals surface area contributed by atoms with Crippen molar-refractivity contribution < 1.29 is 18.8 Å². The maximum absolute atomic E-state index is 14.6. The van der Waals surface area contributed by atoms with Gasteiger partial charge in [0.25, 0.3) is 0 Å². The average molecular weight is 593 g/mol. The molecule has 4 aromatic rings. The van der Waals surface area contributed by atoms with Crippen molar-refractivity contribution in [1.29, 1.82) is 0 Å². The number of ketones is 2. The van der Waals surface area contributed by atoms with Crippen molar-refractivity contribution in [3.8, 4) is 0 Å². The number of rotatable bonds is 4. The van der Waals surface area contributed by atoms with E-state index in [0.717, 1.165) is 15.7 Å². The second-order valence-corrected chi connectivity index (χ2v) is 11.2. The van der Waals surface area contributed by atoms with E-state index in [4.69, 9.17) is 0 Å². The van der Waals surface area contributed by atoms with Crippen LogP contribution in [0.1, 0.15) is 31.8 Å². The van der Waals surface area contributed by atoms with Crippen LogP contribution in [-0.4, -0.2) is 29.6 Å². The minimum absolute atomic E-state index is 0.244. The molecule has 3 aliphatic heterocycles. The summed E-state index contributed by atoms with van der Waals surface area (Å²) in [6.45, 7) is 0. The van der Waals surface area contributed by atoms with Crippen LogP contribution >= 0.6 is 15.9 Å². The Morgan fingerprint density at radius 1 is 0.825 bits per heavy atom. The maximum Gasteiger partial charge on any atom is 0.238 e. The number of anilines is 2. The van der Waals surface area contributed by atoms with Gasteiger partial charge < -0.3 is 10.2 Å². The molecule has 0 aromatic heterocycles. The van der Waals surface area contributed by atoms with Gasteiger partial charge in [0, 0.05) is 27.0 Å². The lowest BCUT2D eigenvalue weighted by Crippen LogP contribution is -2.51. The van der Waals surface area contributed by atoms with Gasteiger partial charge in [0.2, 0.25) is 5.91 Å². The van der Waals surface area contributed by atoms with E-state index in [0.29, 0.717) is 16.8 Å². The molecule has 40 heavy (non-hydrogen) atoms. The van der Waals surface area contributed by atoms with Gasteiger partial charge in [-0.3, -0.25) is 14.4 Å². The maximum atomic E-state index is 14.6. The van der Waals surface area contributed by atoms with E-state index in [-0.39, 0.29) is 23.0 Å². The second kappa shape index (κ2) is 9.10. The molecule has 5 nitrogen and oxygen atoms in total. The molecule has 1 spiro atoms. The van der Waals surface area contributed by atoms with Gasteiger partial charge in [0.05, 0.1) is 12.0 Å². The number of benzene rings is 4. The van der Waals surface area contributed by atoms with Crippen molar-refractivity contribution in [3.05, 3.63) is 136 Å². The van der Waals surface area contributed by atoms with Gasteiger partial charge in [-0.25, -0.2) is 4.39 Å². The third-order valence-electron chi connectivity index (χ3n) is 8.35. The second-order valence-electron chi connectivity index (χ2n) is 10.3. The molecule has 0 bridgehead atoms. The molecule has 196 valence electrons. The number of nitrogens with one attached hydrogen (secondary N) is 1. The molecule has 0 radical (unpaired) electrons. The first-order chi connectivity index (χ1) is 19.4.